The largest absolute Gasteiger partial charge is 0.370 e. The highest BCUT2D eigenvalue weighted by Gasteiger charge is 2.32. The van der Waals surface area contributed by atoms with Crippen LogP contribution in [0.15, 0.2) is 109 Å². The van der Waals surface area contributed by atoms with Gasteiger partial charge in [-0.1, -0.05) is 78.9 Å². The van der Waals surface area contributed by atoms with Gasteiger partial charge >= 0.3 is 0 Å². The summed E-state index contributed by atoms with van der Waals surface area (Å²) in [6.07, 6.45) is 3.33. The first-order valence-electron chi connectivity index (χ1n) is 18.4. The number of carbonyl (C=O) groups excluding carboxylic acids is 6. The molecule has 294 valence electrons. The molecule has 0 radical (unpaired) electrons. The van der Waals surface area contributed by atoms with Gasteiger partial charge in [0.15, 0.2) is 17.5 Å². The molecule has 1 heterocycles. The van der Waals surface area contributed by atoms with E-state index in [-0.39, 0.29) is 57.6 Å². The molecule has 4 aromatic rings. The minimum Gasteiger partial charge on any atom is -0.370 e. The first-order valence-corrected chi connectivity index (χ1v) is 18.4. The smallest absolute Gasteiger partial charge is 0.251 e. The lowest BCUT2D eigenvalue weighted by Crippen LogP contribution is -2.50. The molecule has 4 amide bonds. The second-order valence-electron chi connectivity index (χ2n) is 13.5. The van der Waals surface area contributed by atoms with Crippen LogP contribution in [0.25, 0.3) is 0 Å². The summed E-state index contributed by atoms with van der Waals surface area (Å²) >= 11 is 0. The fourth-order valence-electron chi connectivity index (χ4n) is 6.14. The summed E-state index contributed by atoms with van der Waals surface area (Å²) in [6, 6.07) is 24.4. The first-order chi connectivity index (χ1) is 27.0. The van der Waals surface area contributed by atoms with Gasteiger partial charge in [0.25, 0.3) is 5.91 Å². The number of amides is 4. The number of ketones is 2. The number of H-pyrrole nitrogens is 1. The Bertz CT molecular complexity index is 1920. The molecule has 10 N–H and O–H groups in total. The quantitative estimate of drug-likeness (QED) is 0.0328. The Kier molecular flexibility index (Phi) is 16.5. The summed E-state index contributed by atoms with van der Waals surface area (Å²) in [5.41, 5.74) is 19.2. The fraction of sp³-hybridized carbons (Fsp3) is 0.317. The maximum Gasteiger partial charge on any atom is 0.251 e. The van der Waals surface area contributed by atoms with Crippen molar-refractivity contribution in [1.82, 2.24) is 25.9 Å². The number of nitrogens with two attached hydrogens (primary N) is 3. The van der Waals surface area contributed by atoms with E-state index in [0.29, 0.717) is 17.7 Å². The third-order valence-electron chi connectivity index (χ3n) is 9.10. The standard InChI is InChI=1S/C41H49N9O6/c42-37(53)35(20-28-13-6-2-7-14-28)50-39(55)30(17-10-18-46-41(43)44)23-36(52)34(19-27-11-4-1-5-12-27)49-40(56)31(21-32-24-45-26-48-32)22-33(51)25-47-38(54)29-15-8-3-9-16-29/h1-9,11-16,24,26,30-31,34-35H,10,17-23,25H2,(H2,42,53)(H,45,48)(H,47,54)(H,49,56)(H,50,55)(H4,43,44,46)/t30-,31-,34-,35-/m1/s1. The van der Waals surface area contributed by atoms with Crippen molar-refractivity contribution in [3.05, 3.63) is 126 Å². The molecule has 0 aliphatic heterocycles. The van der Waals surface area contributed by atoms with E-state index in [1.165, 1.54) is 12.5 Å². The lowest BCUT2D eigenvalue weighted by molar-refractivity contribution is -0.134. The number of nitrogens with zero attached hydrogens (tertiary/aromatic N) is 2. The van der Waals surface area contributed by atoms with Gasteiger partial charge < -0.3 is 38.1 Å². The Labute approximate surface area is 325 Å². The molecule has 0 aliphatic rings. The normalized spacial score (nSPS) is 12.9. The molecule has 0 bridgehead atoms. The van der Waals surface area contributed by atoms with Crippen molar-refractivity contribution in [1.29, 1.82) is 0 Å². The number of rotatable bonds is 23. The van der Waals surface area contributed by atoms with Crippen molar-refractivity contribution >= 4 is 41.2 Å². The van der Waals surface area contributed by atoms with Crippen LogP contribution in [0.2, 0.25) is 0 Å². The van der Waals surface area contributed by atoms with Gasteiger partial charge in [-0.3, -0.25) is 33.8 Å². The minimum atomic E-state index is -1.09. The predicted molar refractivity (Wildman–Crippen MR) is 211 cm³/mol. The molecule has 0 fully saturated rings. The Morgan fingerprint density at radius 3 is 1.84 bits per heavy atom. The molecule has 56 heavy (non-hydrogen) atoms. The highest BCUT2D eigenvalue weighted by atomic mass is 16.2. The molecule has 4 rings (SSSR count). The average Bonchev–Trinajstić information content (AvgIpc) is 3.71. The van der Waals surface area contributed by atoms with Crippen LogP contribution in [0.3, 0.4) is 0 Å². The van der Waals surface area contributed by atoms with Gasteiger partial charge in [0, 0.05) is 55.6 Å². The van der Waals surface area contributed by atoms with Gasteiger partial charge in [0.1, 0.15) is 6.04 Å². The third-order valence-corrected chi connectivity index (χ3v) is 9.10. The van der Waals surface area contributed by atoms with E-state index in [0.717, 1.165) is 11.1 Å². The number of carbonyl (C=O) groups is 6. The monoisotopic (exact) mass is 763 g/mol. The highest BCUT2D eigenvalue weighted by molar-refractivity contribution is 5.98. The van der Waals surface area contributed by atoms with E-state index in [1.807, 2.05) is 36.4 Å². The van der Waals surface area contributed by atoms with Crippen LogP contribution >= 0.6 is 0 Å². The van der Waals surface area contributed by atoms with E-state index in [2.05, 4.69) is 30.9 Å². The molecule has 1 aromatic heterocycles. The average molecular weight is 764 g/mol. The SMILES string of the molecule is NC(=O)[C@@H](Cc1ccccc1)NC(=O)[C@H](CCCN=C(N)N)CC(=O)[C@@H](Cc1ccccc1)NC(=O)[C@@H](CC(=O)CNC(=O)c1ccccc1)Cc1cnc[nH]1. The van der Waals surface area contributed by atoms with E-state index in [4.69, 9.17) is 17.2 Å². The lowest BCUT2D eigenvalue weighted by atomic mass is 9.89. The number of Topliss-reactive ketones (excluding diaryl/α,β-unsaturated/α-hetero) is 2. The molecule has 4 atom stereocenters. The van der Waals surface area contributed by atoms with Crippen LogP contribution < -0.4 is 33.2 Å². The van der Waals surface area contributed by atoms with Crippen molar-refractivity contribution < 1.29 is 28.8 Å². The highest BCUT2D eigenvalue weighted by Crippen LogP contribution is 2.19. The molecule has 15 nitrogen and oxygen atoms in total. The van der Waals surface area contributed by atoms with Gasteiger partial charge in [-0.2, -0.15) is 0 Å². The van der Waals surface area contributed by atoms with Crippen LogP contribution in [0, 0.1) is 11.8 Å². The van der Waals surface area contributed by atoms with Crippen LogP contribution in [0.5, 0.6) is 0 Å². The molecule has 0 spiro atoms. The Balaban J connectivity index is 1.53. The number of hydrogen-bond acceptors (Lipinski definition) is 8. The maximum absolute atomic E-state index is 14.2. The van der Waals surface area contributed by atoms with Crippen LogP contribution in [0.1, 0.15) is 52.9 Å². The number of aromatic amines is 1. The molecule has 0 aliphatic carbocycles. The van der Waals surface area contributed by atoms with Gasteiger partial charge in [-0.25, -0.2) is 4.98 Å². The second-order valence-corrected chi connectivity index (χ2v) is 13.5. The number of benzene rings is 3. The van der Waals surface area contributed by atoms with Gasteiger partial charge in [0.2, 0.25) is 17.7 Å². The van der Waals surface area contributed by atoms with Gasteiger partial charge in [-0.05, 0) is 42.5 Å². The summed E-state index contributed by atoms with van der Waals surface area (Å²) < 4.78 is 0. The number of imidazole rings is 1. The number of primary amides is 1. The molecular formula is C41H49N9O6. The fourth-order valence-corrected chi connectivity index (χ4v) is 6.14. The van der Waals surface area contributed by atoms with Crippen LogP contribution in [-0.2, 0) is 43.2 Å². The number of aliphatic imine (C=N–C) groups is 1. The Hall–Kier alpha value is -6.64. The summed E-state index contributed by atoms with van der Waals surface area (Å²) in [6.45, 7) is -0.108. The molecule has 0 saturated heterocycles. The van der Waals surface area contributed by atoms with Gasteiger partial charge in [0.05, 0.1) is 24.8 Å². The van der Waals surface area contributed by atoms with Gasteiger partial charge in [-0.15, -0.1) is 0 Å². The van der Waals surface area contributed by atoms with Crippen molar-refractivity contribution in [2.24, 2.45) is 34.0 Å². The summed E-state index contributed by atoms with van der Waals surface area (Å²) in [4.78, 5) is 91.3. The number of guanidine groups is 1. The third kappa shape index (κ3) is 14.3. The number of nitrogens with one attached hydrogen (secondary N) is 4. The van der Waals surface area contributed by atoms with Crippen LogP contribution in [0.4, 0.5) is 0 Å². The molecular weight excluding hydrogens is 715 g/mol. The van der Waals surface area contributed by atoms with Crippen LogP contribution in [-0.4, -0.2) is 76.3 Å². The maximum atomic E-state index is 14.2. The molecule has 0 unspecified atom stereocenters. The first kappa shape index (κ1) is 42.1. The van der Waals surface area contributed by atoms with E-state index in [9.17, 15) is 28.8 Å². The van der Waals surface area contributed by atoms with Crippen molar-refractivity contribution in [3.63, 3.8) is 0 Å². The minimum absolute atomic E-state index is 0.0994. The zero-order valence-electron chi connectivity index (χ0n) is 31.1. The Morgan fingerprint density at radius 2 is 1.27 bits per heavy atom. The second kappa shape index (κ2) is 21.9. The molecule has 3 aromatic carbocycles. The zero-order chi connectivity index (χ0) is 40.3. The number of aromatic nitrogens is 2. The topological polar surface area (TPSA) is 258 Å². The summed E-state index contributed by atoms with van der Waals surface area (Å²) in [5, 5.41) is 8.20. The van der Waals surface area contributed by atoms with E-state index >= 15 is 0 Å². The summed E-state index contributed by atoms with van der Waals surface area (Å²) in [5.74, 6) is -5.11. The van der Waals surface area contributed by atoms with Crippen molar-refractivity contribution in [2.75, 3.05) is 13.1 Å². The lowest BCUT2D eigenvalue weighted by Gasteiger charge is -2.25. The van der Waals surface area contributed by atoms with Crippen molar-refractivity contribution in [2.45, 2.75) is 57.0 Å². The Morgan fingerprint density at radius 1 is 0.696 bits per heavy atom. The summed E-state index contributed by atoms with van der Waals surface area (Å²) in [7, 11) is 0. The predicted octanol–water partition coefficient (Wildman–Crippen LogP) is 1.53. The van der Waals surface area contributed by atoms with E-state index in [1.54, 1.807) is 54.6 Å². The van der Waals surface area contributed by atoms with Crippen molar-refractivity contribution in [3.8, 4) is 0 Å². The molecule has 15 heteroatoms. The van der Waals surface area contributed by atoms with E-state index < -0.39 is 59.1 Å². The zero-order valence-corrected chi connectivity index (χ0v) is 31.1. The number of hydrogen-bond donors (Lipinski definition) is 7. The molecule has 0 saturated carbocycles.